The number of methoxy groups -OCH3 is 2. The highest BCUT2D eigenvalue weighted by molar-refractivity contribution is 6.10. The molecule has 0 fully saturated rings. The lowest BCUT2D eigenvalue weighted by Gasteiger charge is -2.13. The van der Waals surface area contributed by atoms with Crippen LogP contribution in [-0.4, -0.2) is 149 Å². The van der Waals surface area contributed by atoms with Crippen LogP contribution in [0.25, 0.3) is 10.4 Å². The summed E-state index contributed by atoms with van der Waals surface area (Å²) >= 11 is 0. The molecule has 0 saturated carbocycles. The molecule has 0 saturated heterocycles. The molecule has 0 atom stereocenters. The lowest BCUT2D eigenvalue weighted by atomic mass is 10.1. The van der Waals surface area contributed by atoms with Crippen LogP contribution in [0.5, 0.6) is 0 Å². The van der Waals surface area contributed by atoms with Crippen LogP contribution in [0, 0.1) is 0 Å². The molecular formula is C39H50N6O14. The maximum atomic E-state index is 13.4. The maximum Gasteiger partial charge on any atom is 0.340 e. The van der Waals surface area contributed by atoms with E-state index in [9.17, 15) is 19.2 Å². The molecule has 320 valence electrons. The molecule has 0 unspecified atom stereocenters. The third-order valence-electron chi connectivity index (χ3n) is 7.50. The summed E-state index contributed by atoms with van der Waals surface area (Å²) in [7, 11) is 3.19. The van der Waals surface area contributed by atoms with Gasteiger partial charge in [-0.25, -0.2) is 14.6 Å². The van der Waals surface area contributed by atoms with Gasteiger partial charge in [0.25, 0.3) is 11.8 Å². The average Bonchev–Trinajstić information content (AvgIpc) is 3.24. The van der Waals surface area contributed by atoms with E-state index in [0.717, 1.165) is 0 Å². The zero-order chi connectivity index (χ0) is 42.3. The highest BCUT2D eigenvalue weighted by atomic mass is 16.6. The molecule has 2 N–H and O–H groups in total. The molecule has 2 amide bonds. The molecule has 59 heavy (non-hydrogen) atoms. The third-order valence-corrected chi connectivity index (χ3v) is 7.50. The fourth-order valence-electron chi connectivity index (χ4n) is 4.68. The van der Waals surface area contributed by atoms with E-state index in [2.05, 4.69) is 25.6 Å². The molecule has 0 aliphatic rings. The number of azide groups is 1. The minimum Gasteiger partial charge on any atom is -0.460 e. The number of carbonyl (C=O) groups excluding carboxylic acids is 4. The molecule has 1 heterocycles. The van der Waals surface area contributed by atoms with Crippen molar-refractivity contribution in [2.75, 3.05) is 131 Å². The number of hydrogen-bond donors (Lipinski definition) is 2. The van der Waals surface area contributed by atoms with E-state index in [0.29, 0.717) is 66.1 Å². The number of pyridine rings is 1. The molecule has 3 rings (SSSR count). The van der Waals surface area contributed by atoms with Crippen molar-refractivity contribution in [3.63, 3.8) is 0 Å². The predicted octanol–water partition coefficient (Wildman–Crippen LogP) is 4.23. The van der Waals surface area contributed by atoms with Crippen molar-refractivity contribution < 1.29 is 66.5 Å². The van der Waals surface area contributed by atoms with Crippen molar-refractivity contribution in [2.45, 2.75) is 0 Å². The Morgan fingerprint density at radius 3 is 1.24 bits per heavy atom. The van der Waals surface area contributed by atoms with Crippen molar-refractivity contribution >= 4 is 40.8 Å². The second kappa shape index (κ2) is 29.6. The smallest absolute Gasteiger partial charge is 0.340 e. The quantitative estimate of drug-likeness (QED) is 0.0303. The van der Waals surface area contributed by atoms with E-state index in [-0.39, 0.29) is 79.2 Å². The summed E-state index contributed by atoms with van der Waals surface area (Å²) in [4.78, 5) is 59.6. The van der Waals surface area contributed by atoms with Gasteiger partial charge in [-0.05, 0) is 41.9 Å². The highest BCUT2D eigenvalue weighted by Crippen LogP contribution is 2.22. The zero-order valence-corrected chi connectivity index (χ0v) is 33.1. The van der Waals surface area contributed by atoms with E-state index in [1.165, 1.54) is 36.4 Å². The van der Waals surface area contributed by atoms with Gasteiger partial charge in [-0.3, -0.25) is 9.59 Å². The maximum absolute atomic E-state index is 13.4. The van der Waals surface area contributed by atoms with Gasteiger partial charge < -0.3 is 58.0 Å². The number of esters is 2. The summed E-state index contributed by atoms with van der Waals surface area (Å²) in [5.41, 5.74) is 8.66. The Balaban J connectivity index is 1.52. The Kier molecular flexibility index (Phi) is 24.0. The molecule has 0 bridgehead atoms. The summed E-state index contributed by atoms with van der Waals surface area (Å²) in [5, 5.41) is 8.72. The summed E-state index contributed by atoms with van der Waals surface area (Å²) in [5.74, 6) is -3.11. The monoisotopic (exact) mass is 826 g/mol. The third kappa shape index (κ3) is 19.2. The van der Waals surface area contributed by atoms with E-state index >= 15 is 0 Å². The molecule has 20 heteroatoms. The predicted molar refractivity (Wildman–Crippen MR) is 211 cm³/mol. The second-order valence-electron chi connectivity index (χ2n) is 11.7. The van der Waals surface area contributed by atoms with Crippen LogP contribution in [0.15, 0.2) is 65.8 Å². The van der Waals surface area contributed by atoms with Crippen molar-refractivity contribution in [1.29, 1.82) is 0 Å². The zero-order valence-electron chi connectivity index (χ0n) is 33.1. The first-order valence-electron chi connectivity index (χ1n) is 18.5. The first-order valence-corrected chi connectivity index (χ1v) is 18.5. The van der Waals surface area contributed by atoms with Crippen molar-refractivity contribution in [3.05, 3.63) is 93.6 Å². The lowest BCUT2D eigenvalue weighted by Crippen LogP contribution is -2.21. The number of hydrogen-bond acceptors (Lipinski definition) is 16. The largest absolute Gasteiger partial charge is 0.460 e. The van der Waals surface area contributed by atoms with Gasteiger partial charge in [-0.15, -0.1) is 0 Å². The van der Waals surface area contributed by atoms with E-state index in [1.54, 1.807) is 38.5 Å². The van der Waals surface area contributed by atoms with Crippen molar-refractivity contribution in [1.82, 2.24) is 4.98 Å². The average molecular weight is 827 g/mol. The number of rotatable bonds is 31. The fraction of sp³-hybridized carbons (Fsp3) is 0.462. The molecule has 0 aliphatic carbocycles. The number of carbonyl (C=O) groups is 4. The SMILES string of the molecule is COCCOCCOCCOCCOC(=O)c1ccccc1NC(=O)c1cc(N=[N+]=[N-])cc(C(=O)Nc2ccccc2C(=O)OCCOCCOCCOCCOC)n1. The van der Waals surface area contributed by atoms with Crippen LogP contribution in [0.1, 0.15) is 41.7 Å². The number of aromatic nitrogens is 1. The number of benzene rings is 2. The molecular weight excluding hydrogens is 776 g/mol. The molecule has 1 aromatic heterocycles. The molecule has 2 aromatic carbocycles. The summed E-state index contributed by atoms with van der Waals surface area (Å²) in [6, 6.07) is 14.6. The first kappa shape index (κ1) is 47.8. The van der Waals surface area contributed by atoms with Gasteiger partial charge >= 0.3 is 11.9 Å². The normalized spacial score (nSPS) is 10.7. The van der Waals surface area contributed by atoms with E-state index in [4.69, 9.17) is 52.9 Å². The molecule has 0 spiro atoms. The van der Waals surface area contributed by atoms with Crippen LogP contribution in [0.2, 0.25) is 0 Å². The Morgan fingerprint density at radius 2 is 0.881 bits per heavy atom. The minimum absolute atomic E-state index is 0.0430. The molecule has 20 nitrogen and oxygen atoms in total. The summed E-state index contributed by atoms with van der Waals surface area (Å²) in [6.07, 6.45) is 0. The Labute approximate surface area is 341 Å². The van der Waals surface area contributed by atoms with Gasteiger partial charge in [0.2, 0.25) is 0 Å². The number of amides is 2. The van der Waals surface area contributed by atoms with Crippen LogP contribution in [0.4, 0.5) is 17.1 Å². The summed E-state index contributed by atoms with van der Waals surface area (Å²) < 4.78 is 52.7. The minimum atomic E-state index is -0.827. The summed E-state index contributed by atoms with van der Waals surface area (Å²) in [6.45, 7) is 4.99. The van der Waals surface area contributed by atoms with E-state index in [1.807, 2.05) is 0 Å². The van der Waals surface area contributed by atoms with Crippen LogP contribution in [0.3, 0.4) is 0 Å². The molecule has 0 aliphatic heterocycles. The Hall–Kier alpha value is -5.54. The van der Waals surface area contributed by atoms with Crippen molar-refractivity contribution in [3.8, 4) is 0 Å². The van der Waals surface area contributed by atoms with Crippen LogP contribution < -0.4 is 10.6 Å². The van der Waals surface area contributed by atoms with Crippen LogP contribution in [-0.2, 0) is 47.4 Å². The number of ether oxygens (including phenoxy) is 10. The highest BCUT2D eigenvalue weighted by Gasteiger charge is 2.20. The van der Waals surface area contributed by atoms with Gasteiger partial charge in [0.05, 0.1) is 115 Å². The van der Waals surface area contributed by atoms with Gasteiger partial charge in [-0.1, -0.05) is 29.4 Å². The van der Waals surface area contributed by atoms with Crippen LogP contribution >= 0.6 is 0 Å². The fourth-order valence-corrected chi connectivity index (χ4v) is 4.68. The number of para-hydroxylation sites is 2. The molecule has 3 aromatic rings. The van der Waals surface area contributed by atoms with E-state index < -0.39 is 23.8 Å². The van der Waals surface area contributed by atoms with Gasteiger partial charge in [-0.2, -0.15) is 0 Å². The van der Waals surface area contributed by atoms with Gasteiger partial charge in [0, 0.05) is 24.8 Å². The first-order chi connectivity index (χ1) is 28.9. The van der Waals surface area contributed by atoms with Gasteiger partial charge in [0.15, 0.2) is 0 Å². The number of nitrogens with one attached hydrogen (secondary N) is 2. The number of nitrogens with zero attached hydrogens (tertiary/aromatic N) is 4. The Morgan fingerprint density at radius 1 is 0.542 bits per heavy atom. The van der Waals surface area contributed by atoms with Crippen molar-refractivity contribution in [2.24, 2.45) is 5.11 Å². The van der Waals surface area contributed by atoms with Gasteiger partial charge in [0.1, 0.15) is 24.6 Å². The number of anilines is 2. The second-order valence-corrected chi connectivity index (χ2v) is 11.7. The molecule has 0 radical (unpaired) electrons. The standard InChI is InChI=1S/C39H50N6O14/c1-50-11-13-52-15-17-54-19-21-56-23-25-58-38(48)30-7-3-5-9-32(30)42-36(46)34-27-29(44-45-40)28-35(41-34)37(47)43-33-10-6-4-8-31(33)39(49)59-26-24-57-22-20-55-18-16-53-14-12-51-2/h3-10,27-28H,11-26H2,1-2H3,(H,42,46)(H,43,47). The topological polar surface area (TPSA) is 246 Å². The Bertz CT molecular complexity index is 1680. The lowest BCUT2D eigenvalue weighted by molar-refractivity contribution is -0.00557.